The molecule has 0 radical (unpaired) electrons. The Hall–Kier alpha value is -3.96. The fourth-order valence-corrected chi connectivity index (χ4v) is 4.11. The molecule has 1 N–H and O–H groups in total. The molecular formula is C33H36O5. The van der Waals surface area contributed by atoms with Crippen LogP contribution >= 0.6 is 0 Å². The van der Waals surface area contributed by atoms with Crippen molar-refractivity contribution in [2.45, 2.75) is 46.5 Å². The van der Waals surface area contributed by atoms with Crippen LogP contribution in [0, 0.1) is 0 Å². The van der Waals surface area contributed by atoms with Gasteiger partial charge in [0.2, 0.25) is 0 Å². The zero-order valence-electron chi connectivity index (χ0n) is 22.5. The standard InChI is InChI=1S/C33H36O5/c1-6-26-20-25(17-18-34)11-15-29(26)30-16-14-28(21-31(30)38-33(36)23(4)5)27-12-9-24(10-13-27)8-7-19-37-32(35)22(2)3/h9-16,20-21,34H,2,4,6-8,17-19H2,1,3,5H3. The normalized spacial score (nSPS) is 10.6. The van der Waals surface area contributed by atoms with Crippen LogP contribution in [-0.2, 0) is 33.6 Å². The maximum absolute atomic E-state index is 12.5. The number of aliphatic hydroxyl groups is 1. The molecule has 38 heavy (non-hydrogen) atoms. The van der Waals surface area contributed by atoms with Gasteiger partial charge in [0.25, 0.3) is 0 Å². The van der Waals surface area contributed by atoms with Gasteiger partial charge in [-0.2, -0.15) is 0 Å². The van der Waals surface area contributed by atoms with Gasteiger partial charge in [0, 0.05) is 23.3 Å². The minimum absolute atomic E-state index is 0.0971. The summed E-state index contributed by atoms with van der Waals surface area (Å²) in [6.45, 7) is 13.1. The average molecular weight is 513 g/mol. The second-order valence-electron chi connectivity index (χ2n) is 9.42. The van der Waals surface area contributed by atoms with E-state index < -0.39 is 5.97 Å². The molecule has 0 aliphatic carbocycles. The van der Waals surface area contributed by atoms with E-state index in [2.05, 4.69) is 38.3 Å². The molecule has 0 heterocycles. The molecule has 0 bridgehead atoms. The van der Waals surface area contributed by atoms with Crippen LogP contribution in [0.3, 0.4) is 0 Å². The number of carbonyl (C=O) groups is 2. The molecule has 0 fully saturated rings. The second-order valence-corrected chi connectivity index (χ2v) is 9.42. The van der Waals surface area contributed by atoms with Gasteiger partial charge in [0.1, 0.15) is 5.75 Å². The van der Waals surface area contributed by atoms with Gasteiger partial charge in [0.15, 0.2) is 0 Å². The van der Waals surface area contributed by atoms with Gasteiger partial charge in [-0.3, -0.25) is 0 Å². The van der Waals surface area contributed by atoms with Gasteiger partial charge < -0.3 is 14.6 Å². The Labute approximate surface area is 225 Å². The molecule has 0 aromatic heterocycles. The van der Waals surface area contributed by atoms with E-state index in [1.165, 1.54) is 0 Å². The predicted molar refractivity (Wildman–Crippen MR) is 152 cm³/mol. The van der Waals surface area contributed by atoms with Crippen molar-refractivity contribution in [2.75, 3.05) is 13.2 Å². The lowest BCUT2D eigenvalue weighted by Gasteiger charge is -2.16. The highest BCUT2D eigenvalue weighted by molar-refractivity contribution is 5.91. The summed E-state index contributed by atoms with van der Waals surface area (Å²) in [5.74, 6) is -0.358. The Morgan fingerprint density at radius 1 is 0.789 bits per heavy atom. The smallest absolute Gasteiger partial charge is 0.338 e. The Bertz CT molecular complexity index is 1320. The summed E-state index contributed by atoms with van der Waals surface area (Å²) >= 11 is 0. The fraction of sp³-hybridized carbons (Fsp3) is 0.273. The quantitative estimate of drug-likeness (QED) is 0.127. The van der Waals surface area contributed by atoms with Crippen LogP contribution in [0.1, 0.15) is 43.9 Å². The SMILES string of the molecule is C=C(C)C(=O)OCCCc1ccc(-c2ccc(-c3ccc(CCO)cc3CC)c(OC(=O)C(=C)C)c2)cc1. The molecular weight excluding hydrogens is 476 g/mol. The lowest BCUT2D eigenvalue weighted by atomic mass is 9.92. The van der Waals surface area contributed by atoms with Crippen LogP contribution in [0.5, 0.6) is 5.75 Å². The monoisotopic (exact) mass is 512 g/mol. The summed E-state index contributed by atoms with van der Waals surface area (Å²) < 4.78 is 11.0. The molecule has 198 valence electrons. The number of hydrogen-bond acceptors (Lipinski definition) is 5. The number of aryl methyl sites for hydroxylation is 2. The van der Waals surface area contributed by atoms with Crippen molar-refractivity contribution in [3.63, 3.8) is 0 Å². The third kappa shape index (κ3) is 7.53. The fourth-order valence-electron chi connectivity index (χ4n) is 4.11. The number of ether oxygens (including phenoxy) is 2. The molecule has 5 heteroatoms. The van der Waals surface area contributed by atoms with E-state index in [1.807, 2.05) is 42.5 Å². The van der Waals surface area contributed by atoms with Gasteiger partial charge in [0.05, 0.1) is 6.61 Å². The van der Waals surface area contributed by atoms with Crippen LogP contribution in [0.25, 0.3) is 22.3 Å². The lowest BCUT2D eigenvalue weighted by Crippen LogP contribution is -2.09. The van der Waals surface area contributed by atoms with E-state index in [0.717, 1.165) is 58.2 Å². The Morgan fingerprint density at radius 2 is 1.42 bits per heavy atom. The molecule has 0 spiro atoms. The lowest BCUT2D eigenvalue weighted by molar-refractivity contribution is -0.139. The largest absolute Gasteiger partial charge is 0.462 e. The number of aliphatic hydroxyl groups excluding tert-OH is 1. The number of hydrogen-bond donors (Lipinski definition) is 1. The summed E-state index contributed by atoms with van der Waals surface area (Å²) in [5.41, 5.74) is 7.80. The van der Waals surface area contributed by atoms with Crippen molar-refractivity contribution < 1.29 is 24.2 Å². The zero-order valence-corrected chi connectivity index (χ0v) is 22.5. The molecule has 0 amide bonds. The van der Waals surface area contributed by atoms with Gasteiger partial charge in [-0.15, -0.1) is 0 Å². The Morgan fingerprint density at radius 3 is 2.05 bits per heavy atom. The van der Waals surface area contributed by atoms with E-state index >= 15 is 0 Å². The molecule has 3 aromatic carbocycles. The van der Waals surface area contributed by atoms with Gasteiger partial charge in [-0.05, 0) is 79.0 Å². The molecule has 0 saturated heterocycles. The molecule has 3 aromatic rings. The van der Waals surface area contributed by atoms with Crippen molar-refractivity contribution in [2.24, 2.45) is 0 Å². The predicted octanol–water partition coefficient (Wildman–Crippen LogP) is 6.65. The summed E-state index contributed by atoms with van der Waals surface area (Å²) in [7, 11) is 0. The van der Waals surface area contributed by atoms with Crippen LogP contribution in [-0.4, -0.2) is 30.3 Å². The number of carbonyl (C=O) groups excluding carboxylic acids is 2. The van der Waals surface area contributed by atoms with Crippen molar-refractivity contribution in [3.8, 4) is 28.0 Å². The maximum Gasteiger partial charge on any atom is 0.338 e. The first-order valence-electron chi connectivity index (χ1n) is 12.9. The molecule has 3 rings (SSSR count). The molecule has 0 unspecified atom stereocenters. The van der Waals surface area contributed by atoms with E-state index in [9.17, 15) is 14.7 Å². The number of esters is 2. The zero-order chi connectivity index (χ0) is 27.7. The van der Waals surface area contributed by atoms with E-state index in [-0.39, 0.29) is 12.6 Å². The highest BCUT2D eigenvalue weighted by Gasteiger charge is 2.16. The third-order valence-electron chi connectivity index (χ3n) is 6.25. The maximum atomic E-state index is 12.5. The topological polar surface area (TPSA) is 72.8 Å². The van der Waals surface area contributed by atoms with Crippen molar-refractivity contribution in [1.29, 1.82) is 0 Å². The van der Waals surface area contributed by atoms with E-state index in [0.29, 0.717) is 29.9 Å². The van der Waals surface area contributed by atoms with Crippen LogP contribution < -0.4 is 4.74 Å². The minimum atomic E-state index is -0.471. The Balaban J connectivity index is 1.87. The van der Waals surface area contributed by atoms with Gasteiger partial charge in [-0.1, -0.05) is 74.7 Å². The van der Waals surface area contributed by atoms with Crippen LogP contribution in [0.15, 0.2) is 85.0 Å². The van der Waals surface area contributed by atoms with Crippen molar-refractivity contribution >= 4 is 11.9 Å². The minimum Gasteiger partial charge on any atom is -0.462 e. The first-order valence-corrected chi connectivity index (χ1v) is 12.9. The van der Waals surface area contributed by atoms with Crippen molar-refractivity contribution in [1.82, 2.24) is 0 Å². The highest BCUT2D eigenvalue weighted by Crippen LogP contribution is 2.37. The van der Waals surface area contributed by atoms with Gasteiger partial charge in [-0.25, -0.2) is 9.59 Å². The highest BCUT2D eigenvalue weighted by atomic mass is 16.5. The first-order chi connectivity index (χ1) is 18.2. The van der Waals surface area contributed by atoms with E-state index in [1.54, 1.807) is 13.8 Å². The third-order valence-corrected chi connectivity index (χ3v) is 6.25. The molecule has 0 aliphatic rings. The summed E-state index contributed by atoms with van der Waals surface area (Å²) in [4.78, 5) is 24.0. The number of rotatable bonds is 12. The summed E-state index contributed by atoms with van der Waals surface area (Å²) in [6, 6.07) is 20.2. The van der Waals surface area contributed by atoms with Crippen LogP contribution in [0.4, 0.5) is 0 Å². The van der Waals surface area contributed by atoms with E-state index in [4.69, 9.17) is 9.47 Å². The molecule has 0 saturated carbocycles. The second kappa shape index (κ2) is 13.5. The van der Waals surface area contributed by atoms with Gasteiger partial charge >= 0.3 is 11.9 Å². The average Bonchev–Trinajstić information content (AvgIpc) is 2.91. The molecule has 0 aliphatic heterocycles. The molecule has 0 atom stereocenters. The van der Waals surface area contributed by atoms with Crippen LogP contribution in [0.2, 0.25) is 0 Å². The Kier molecular flexibility index (Phi) is 10.2. The molecule has 5 nitrogen and oxygen atoms in total. The summed E-state index contributed by atoms with van der Waals surface area (Å²) in [6.07, 6.45) is 2.92. The van der Waals surface area contributed by atoms with Crippen molar-refractivity contribution in [3.05, 3.63) is 102 Å². The summed E-state index contributed by atoms with van der Waals surface area (Å²) in [5, 5.41) is 9.33. The first kappa shape index (κ1) is 28.6. The number of benzene rings is 3.